The molecule has 1 unspecified atom stereocenters. The maximum absolute atomic E-state index is 11.6. The van der Waals surface area contributed by atoms with Gasteiger partial charge in [-0.2, -0.15) is 0 Å². The van der Waals surface area contributed by atoms with Crippen LogP contribution in [-0.4, -0.2) is 54.4 Å². The van der Waals surface area contributed by atoms with Gasteiger partial charge in [-0.15, -0.1) is 0 Å². The quantitative estimate of drug-likeness (QED) is 0.654. The number of likely N-dealkylation sites (N-methyl/N-ethyl adjacent to an activating group) is 1. The molecule has 19 heavy (non-hydrogen) atoms. The van der Waals surface area contributed by atoms with Gasteiger partial charge < -0.3 is 20.6 Å². The zero-order chi connectivity index (χ0) is 14.3. The molecular formula is C14H29N3O2. The molecule has 1 saturated carbocycles. The zero-order valence-electron chi connectivity index (χ0n) is 12.5. The van der Waals surface area contributed by atoms with Gasteiger partial charge in [0, 0.05) is 25.7 Å². The van der Waals surface area contributed by atoms with Crippen molar-refractivity contribution in [2.75, 3.05) is 26.7 Å². The Balaban J connectivity index is 2.11. The highest BCUT2D eigenvalue weighted by Gasteiger charge is 2.31. The first-order valence-corrected chi connectivity index (χ1v) is 7.41. The molecule has 112 valence electrons. The molecule has 1 aliphatic carbocycles. The summed E-state index contributed by atoms with van der Waals surface area (Å²) in [6, 6.07) is 0.349. The van der Waals surface area contributed by atoms with Gasteiger partial charge in [-0.05, 0) is 33.2 Å². The predicted molar refractivity (Wildman–Crippen MR) is 77.2 cm³/mol. The molecule has 0 saturated heterocycles. The zero-order valence-corrected chi connectivity index (χ0v) is 12.5. The molecule has 1 aliphatic rings. The second-order valence-corrected chi connectivity index (χ2v) is 5.78. The Hall–Kier alpha value is -0.810. The second kappa shape index (κ2) is 7.70. The average molecular weight is 271 g/mol. The van der Waals surface area contributed by atoms with Crippen molar-refractivity contribution >= 4 is 6.03 Å². The number of rotatable bonds is 7. The van der Waals surface area contributed by atoms with Crippen LogP contribution in [0.1, 0.15) is 46.0 Å². The van der Waals surface area contributed by atoms with Crippen LogP contribution in [0, 0.1) is 0 Å². The van der Waals surface area contributed by atoms with Crippen LogP contribution in [0.2, 0.25) is 0 Å². The first-order valence-electron chi connectivity index (χ1n) is 7.41. The molecule has 2 amide bonds. The van der Waals surface area contributed by atoms with Gasteiger partial charge in [0.2, 0.25) is 0 Å². The lowest BCUT2D eigenvalue weighted by Crippen LogP contribution is -2.46. The Kier molecular flexibility index (Phi) is 6.58. The minimum absolute atomic E-state index is 0.183. The van der Waals surface area contributed by atoms with Crippen LogP contribution in [0.3, 0.4) is 0 Å². The van der Waals surface area contributed by atoms with Crippen LogP contribution in [0.4, 0.5) is 4.79 Å². The lowest BCUT2D eigenvalue weighted by molar-refractivity contribution is 0.0501. The van der Waals surface area contributed by atoms with E-state index in [-0.39, 0.29) is 6.03 Å². The number of nitrogens with zero attached hydrogens (tertiary/aromatic N) is 1. The van der Waals surface area contributed by atoms with Crippen molar-refractivity contribution in [1.29, 1.82) is 0 Å². The molecule has 0 radical (unpaired) electrons. The minimum atomic E-state index is -0.676. The maximum atomic E-state index is 11.6. The van der Waals surface area contributed by atoms with E-state index in [1.54, 1.807) is 0 Å². The summed E-state index contributed by atoms with van der Waals surface area (Å²) in [6.45, 7) is 6.16. The van der Waals surface area contributed by atoms with E-state index >= 15 is 0 Å². The van der Waals surface area contributed by atoms with Gasteiger partial charge in [0.25, 0.3) is 0 Å². The molecule has 0 spiro atoms. The van der Waals surface area contributed by atoms with Crippen molar-refractivity contribution in [3.63, 3.8) is 0 Å². The van der Waals surface area contributed by atoms with Crippen molar-refractivity contribution in [2.24, 2.45) is 0 Å². The number of carbonyl (C=O) groups excluding carboxylic acids is 1. The smallest absolute Gasteiger partial charge is 0.314 e. The van der Waals surface area contributed by atoms with Crippen molar-refractivity contribution in [2.45, 2.75) is 57.6 Å². The molecule has 5 nitrogen and oxygen atoms in total. The van der Waals surface area contributed by atoms with Crippen LogP contribution >= 0.6 is 0 Å². The van der Waals surface area contributed by atoms with Crippen LogP contribution in [-0.2, 0) is 0 Å². The molecular weight excluding hydrogens is 242 g/mol. The van der Waals surface area contributed by atoms with E-state index in [0.29, 0.717) is 19.1 Å². The average Bonchev–Trinajstić information content (AvgIpc) is 2.82. The number of amides is 2. The molecule has 0 aromatic rings. The molecule has 0 bridgehead atoms. The van der Waals surface area contributed by atoms with E-state index in [1.165, 1.54) is 0 Å². The Bertz CT molecular complexity index is 278. The Morgan fingerprint density at radius 1 is 1.37 bits per heavy atom. The summed E-state index contributed by atoms with van der Waals surface area (Å²) in [6.07, 6.45) is 4.81. The molecule has 3 N–H and O–H groups in total. The summed E-state index contributed by atoms with van der Waals surface area (Å²) < 4.78 is 0. The van der Waals surface area contributed by atoms with Gasteiger partial charge >= 0.3 is 6.03 Å². The molecule has 1 atom stereocenters. The number of nitrogens with one attached hydrogen (secondary N) is 2. The standard InChI is InChI=1S/C14H29N3O2/c1-4-12(2)17(3)10-9-15-13(18)16-11-14(19)7-5-6-8-14/h12,19H,4-11H2,1-3H3,(H2,15,16,18). The number of hydrogen-bond acceptors (Lipinski definition) is 3. The molecule has 0 heterocycles. The Morgan fingerprint density at radius 2 is 2.00 bits per heavy atom. The second-order valence-electron chi connectivity index (χ2n) is 5.78. The van der Waals surface area contributed by atoms with E-state index in [1.807, 2.05) is 0 Å². The topological polar surface area (TPSA) is 64.6 Å². The third-order valence-electron chi connectivity index (χ3n) is 4.21. The van der Waals surface area contributed by atoms with Crippen molar-refractivity contribution in [3.05, 3.63) is 0 Å². The van der Waals surface area contributed by atoms with Crippen LogP contribution in [0.25, 0.3) is 0 Å². The number of hydrogen-bond donors (Lipinski definition) is 3. The predicted octanol–water partition coefficient (Wildman–Crippen LogP) is 1.32. The third kappa shape index (κ3) is 5.78. The van der Waals surface area contributed by atoms with Crippen molar-refractivity contribution < 1.29 is 9.90 Å². The van der Waals surface area contributed by atoms with E-state index in [9.17, 15) is 9.90 Å². The fourth-order valence-corrected chi connectivity index (χ4v) is 2.40. The normalized spacial score (nSPS) is 19.4. The van der Waals surface area contributed by atoms with E-state index in [0.717, 1.165) is 38.6 Å². The summed E-state index contributed by atoms with van der Waals surface area (Å²) >= 11 is 0. The molecule has 1 fully saturated rings. The van der Waals surface area contributed by atoms with Gasteiger partial charge in [0.05, 0.1) is 5.60 Å². The number of urea groups is 1. The van der Waals surface area contributed by atoms with Gasteiger partial charge in [-0.25, -0.2) is 4.79 Å². The Labute approximate surface area is 116 Å². The van der Waals surface area contributed by atoms with Crippen molar-refractivity contribution in [1.82, 2.24) is 15.5 Å². The first-order chi connectivity index (χ1) is 8.97. The van der Waals surface area contributed by atoms with Gasteiger partial charge in [0.15, 0.2) is 0 Å². The largest absolute Gasteiger partial charge is 0.388 e. The third-order valence-corrected chi connectivity index (χ3v) is 4.21. The first kappa shape index (κ1) is 16.2. The number of carbonyl (C=O) groups is 1. The van der Waals surface area contributed by atoms with Crippen LogP contribution < -0.4 is 10.6 Å². The van der Waals surface area contributed by atoms with E-state index in [4.69, 9.17) is 0 Å². The monoisotopic (exact) mass is 271 g/mol. The summed E-state index contributed by atoms with van der Waals surface area (Å²) in [7, 11) is 2.06. The molecule has 0 aliphatic heterocycles. The van der Waals surface area contributed by atoms with Crippen LogP contribution in [0.5, 0.6) is 0 Å². The SMILES string of the molecule is CCC(C)N(C)CCNC(=O)NCC1(O)CCCC1. The fraction of sp³-hybridized carbons (Fsp3) is 0.929. The highest BCUT2D eigenvalue weighted by molar-refractivity contribution is 5.73. The summed E-state index contributed by atoms with van der Waals surface area (Å²) in [5.74, 6) is 0. The van der Waals surface area contributed by atoms with E-state index < -0.39 is 5.60 Å². The highest BCUT2D eigenvalue weighted by atomic mass is 16.3. The Morgan fingerprint density at radius 3 is 2.58 bits per heavy atom. The molecule has 0 aromatic heterocycles. The molecule has 1 rings (SSSR count). The highest BCUT2D eigenvalue weighted by Crippen LogP contribution is 2.28. The maximum Gasteiger partial charge on any atom is 0.314 e. The fourth-order valence-electron chi connectivity index (χ4n) is 2.40. The van der Waals surface area contributed by atoms with Gasteiger partial charge in [-0.3, -0.25) is 0 Å². The lowest BCUT2D eigenvalue weighted by atomic mass is 10.0. The van der Waals surface area contributed by atoms with Crippen molar-refractivity contribution in [3.8, 4) is 0 Å². The summed E-state index contributed by atoms with van der Waals surface area (Å²) in [4.78, 5) is 13.8. The van der Waals surface area contributed by atoms with Crippen LogP contribution in [0.15, 0.2) is 0 Å². The van der Waals surface area contributed by atoms with Gasteiger partial charge in [-0.1, -0.05) is 19.8 Å². The number of aliphatic hydroxyl groups is 1. The summed E-state index contributed by atoms with van der Waals surface area (Å²) in [5.41, 5.74) is -0.676. The molecule has 0 aromatic carbocycles. The lowest BCUT2D eigenvalue weighted by Gasteiger charge is -2.24. The summed E-state index contributed by atoms with van der Waals surface area (Å²) in [5, 5.41) is 15.7. The molecule has 5 heteroatoms. The van der Waals surface area contributed by atoms with Gasteiger partial charge in [0.1, 0.15) is 0 Å². The van der Waals surface area contributed by atoms with E-state index in [2.05, 4.69) is 36.4 Å². The minimum Gasteiger partial charge on any atom is -0.388 e.